The lowest BCUT2D eigenvalue weighted by Crippen LogP contribution is -1.99. The highest BCUT2D eigenvalue weighted by molar-refractivity contribution is 7.86. The molecule has 2 rings (SSSR count). The van der Waals surface area contributed by atoms with Gasteiger partial charge in [0.05, 0.1) is 0 Å². The molecule has 0 aliphatic carbocycles. The van der Waals surface area contributed by atoms with E-state index in [1.807, 2.05) is 0 Å². The summed E-state index contributed by atoms with van der Waals surface area (Å²) in [6, 6.07) is 7.77. The van der Waals surface area contributed by atoms with Crippen molar-refractivity contribution >= 4 is 26.6 Å². The van der Waals surface area contributed by atoms with Gasteiger partial charge in [-0.15, -0.1) is 0 Å². The van der Waals surface area contributed by atoms with Crippen molar-refractivity contribution in [2.45, 2.75) is 4.90 Å². The van der Waals surface area contributed by atoms with Crippen LogP contribution in [0.3, 0.4) is 0 Å². The molecule has 0 saturated carbocycles. The zero-order valence-electron chi connectivity index (χ0n) is 9.01. The van der Waals surface area contributed by atoms with E-state index in [1.54, 1.807) is 25.2 Å². The largest absolute Gasteiger partial charge is 0.506 e. The third-order valence-corrected chi connectivity index (χ3v) is 3.43. The van der Waals surface area contributed by atoms with Crippen LogP contribution in [-0.2, 0) is 10.1 Å². The second-order valence-corrected chi connectivity index (χ2v) is 4.93. The van der Waals surface area contributed by atoms with Crippen LogP contribution in [0.1, 0.15) is 0 Å². The van der Waals surface area contributed by atoms with Crippen LogP contribution >= 0.6 is 0 Å². The molecular formula is C11H11NO4S. The Labute approximate surface area is 98.5 Å². The number of phenolic OH excluding ortho intramolecular Hbond substituents is 1. The summed E-state index contributed by atoms with van der Waals surface area (Å²) in [7, 11) is -2.69. The second-order valence-electron chi connectivity index (χ2n) is 3.54. The van der Waals surface area contributed by atoms with E-state index in [0.29, 0.717) is 10.8 Å². The van der Waals surface area contributed by atoms with Crippen LogP contribution in [0.25, 0.3) is 10.8 Å². The molecule has 5 nitrogen and oxygen atoms in total. The highest BCUT2D eigenvalue weighted by Gasteiger charge is 2.17. The van der Waals surface area contributed by atoms with Crippen LogP contribution in [0.2, 0.25) is 0 Å². The second kappa shape index (κ2) is 3.90. The first-order chi connectivity index (χ1) is 7.95. The molecule has 0 aliphatic heterocycles. The molecule has 0 heterocycles. The smallest absolute Gasteiger partial charge is 0.298 e. The fourth-order valence-corrected chi connectivity index (χ4v) is 2.34. The summed E-state index contributed by atoms with van der Waals surface area (Å²) in [4.78, 5) is -0.488. The SMILES string of the molecule is CNc1cccc2c(O)c(S(=O)(=O)O)ccc12. The standard InChI is InChI=1S/C11H11NO4S/c1-12-9-4-2-3-8-7(9)5-6-10(11(8)13)17(14,15)16/h2-6,12-13H,1H3,(H,14,15,16). The highest BCUT2D eigenvalue weighted by atomic mass is 32.2. The maximum Gasteiger partial charge on any atom is 0.298 e. The summed E-state index contributed by atoms with van der Waals surface area (Å²) >= 11 is 0. The van der Waals surface area contributed by atoms with Crippen LogP contribution in [-0.4, -0.2) is 25.1 Å². The van der Waals surface area contributed by atoms with Gasteiger partial charge >= 0.3 is 0 Å². The zero-order valence-corrected chi connectivity index (χ0v) is 9.82. The van der Waals surface area contributed by atoms with Gasteiger partial charge in [0.15, 0.2) is 0 Å². The van der Waals surface area contributed by atoms with Crippen LogP contribution in [0.5, 0.6) is 5.75 Å². The van der Waals surface area contributed by atoms with Gasteiger partial charge < -0.3 is 10.4 Å². The molecule has 0 aromatic heterocycles. The number of fused-ring (bicyclic) bond motifs is 1. The third kappa shape index (κ3) is 1.92. The average molecular weight is 253 g/mol. The van der Waals surface area contributed by atoms with Gasteiger partial charge in [-0.3, -0.25) is 4.55 Å². The normalized spacial score (nSPS) is 11.6. The van der Waals surface area contributed by atoms with Crippen molar-refractivity contribution in [2.24, 2.45) is 0 Å². The fourth-order valence-electron chi connectivity index (χ4n) is 1.75. The molecule has 0 atom stereocenters. The number of aromatic hydroxyl groups is 1. The molecule has 2 aromatic carbocycles. The number of rotatable bonds is 2. The van der Waals surface area contributed by atoms with E-state index in [4.69, 9.17) is 4.55 Å². The average Bonchev–Trinajstić information content (AvgIpc) is 2.27. The van der Waals surface area contributed by atoms with E-state index in [0.717, 1.165) is 5.69 Å². The van der Waals surface area contributed by atoms with Gasteiger partial charge in [0.1, 0.15) is 10.6 Å². The molecule has 0 spiro atoms. The fraction of sp³-hybridized carbons (Fsp3) is 0.0909. The molecule has 2 aromatic rings. The Hall–Kier alpha value is -1.79. The Morgan fingerprint density at radius 2 is 1.82 bits per heavy atom. The molecule has 0 unspecified atom stereocenters. The first-order valence-corrected chi connectivity index (χ1v) is 6.29. The maximum atomic E-state index is 11.0. The molecule has 0 fully saturated rings. The number of hydrogen-bond donors (Lipinski definition) is 3. The van der Waals surface area contributed by atoms with Crippen molar-refractivity contribution < 1.29 is 18.1 Å². The van der Waals surface area contributed by atoms with Crippen LogP contribution in [0, 0.1) is 0 Å². The minimum Gasteiger partial charge on any atom is -0.506 e. The van der Waals surface area contributed by atoms with E-state index in [-0.39, 0.29) is 0 Å². The number of benzene rings is 2. The molecule has 6 heteroatoms. The van der Waals surface area contributed by atoms with Gasteiger partial charge in [-0.25, -0.2) is 0 Å². The third-order valence-electron chi connectivity index (χ3n) is 2.54. The van der Waals surface area contributed by atoms with Gasteiger partial charge in [0.2, 0.25) is 0 Å². The van der Waals surface area contributed by atoms with E-state index < -0.39 is 20.8 Å². The Morgan fingerprint density at radius 3 is 2.41 bits per heavy atom. The van der Waals surface area contributed by atoms with Crippen molar-refractivity contribution in [1.82, 2.24) is 0 Å². The van der Waals surface area contributed by atoms with Crippen LogP contribution < -0.4 is 5.32 Å². The van der Waals surface area contributed by atoms with Gasteiger partial charge in [-0.2, -0.15) is 8.42 Å². The molecule has 0 bridgehead atoms. The number of phenols is 1. The summed E-state index contributed by atoms with van der Waals surface area (Å²) < 4.78 is 31.0. The molecule has 0 aliphatic rings. The summed E-state index contributed by atoms with van der Waals surface area (Å²) in [5, 5.41) is 13.8. The molecule has 0 saturated heterocycles. The van der Waals surface area contributed by atoms with E-state index in [2.05, 4.69) is 5.32 Å². The highest BCUT2D eigenvalue weighted by Crippen LogP contribution is 2.34. The van der Waals surface area contributed by atoms with Gasteiger partial charge in [-0.1, -0.05) is 18.2 Å². The monoisotopic (exact) mass is 253 g/mol. The van der Waals surface area contributed by atoms with Gasteiger partial charge in [0.25, 0.3) is 10.1 Å². The molecule has 0 amide bonds. The number of anilines is 1. The summed E-state index contributed by atoms with van der Waals surface area (Å²) in [6.45, 7) is 0. The molecule has 17 heavy (non-hydrogen) atoms. The Balaban J connectivity index is 2.87. The molecular weight excluding hydrogens is 242 g/mol. The summed E-state index contributed by atoms with van der Waals surface area (Å²) in [5.41, 5.74) is 0.764. The summed E-state index contributed by atoms with van der Waals surface area (Å²) in [6.07, 6.45) is 0. The predicted octanol–water partition coefficient (Wildman–Crippen LogP) is 1.83. The lowest BCUT2D eigenvalue weighted by molar-refractivity contribution is 0.448. The van der Waals surface area contributed by atoms with Gasteiger partial charge in [0, 0.05) is 23.5 Å². The Kier molecular flexibility index (Phi) is 2.68. The number of hydrogen-bond acceptors (Lipinski definition) is 4. The van der Waals surface area contributed by atoms with Crippen molar-refractivity contribution in [2.75, 3.05) is 12.4 Å². The summed E-state index contributed by atoms with van der Waals surface area (Å²) in [5.74, 6) is -0.443. The zero-order chi connectivity index (χ0) is 12.6. The molecule has 90 valence electrons. The van der Waals surface area contributed by atoms with Crippen LogP contribution in [0.4, 0.5) is 5.69 Å². The minimum atomic E-state index is -4.41. The first kappa shape index (κ1) is 11.7. The van der Waals surface area contributed by atoms with Crippen molar-refractivity contribution in [3.8, 4) is 5.75 Å². The van der Waals surface area contributed by atoms with Crippen molar-refractivity contribution in [1.29, 1.82) is 0 Å². The predicted molar refractivity (Wildman–Crippen MR) is 65.0 cm³/mol. The number of nitrogens with one attached hydrogen (secondary N) is 1. The first-order valence-electron chi connectivity index (χ1n) is 4.85. The van der Waals surface area contributed by atoms with E-state index in [1.165, 1.54) is 12.1 Å². The van der Waals surface area contributed by atoms with E-state index >= 15 is 0 Å². The topological polar surface area (TPSA) is 86.6 Å². The Bertz CT molecular complexity index is 679. The lowest BCUT2D eigenvalue weighted by Gasteiger charge is -2.09. The quantitative estimate of drug-likeness (QED) is 0.711. The van der Waals surface area contributed by atoms with Crippen molar-refractivity contribution in [3.63, 3.8) is 0 Å². The van der Waals surface area contributed by atoms with Gasteiger partial charge in [-0.05, 0) is 12.1 Å². The minimum absolute atomic E-state index is 0.368. The van der Waals surface area contributed by atoms with Crippen LogP contribution in [0.15, 0.2) is 35.2 Å². The lowest BCUT2D eigenvalue weighted by atomic mass is 10.1. The maximum absolute atomic E-state index is 11.0. The Morgan fingerprint density at radius 1 is 1.12 bits per heavy atom. The molecule has 3 N–H and O–H groups in total. The van der Waals surface area contributed by atoms with E-state index in [9.17, 15) is 13.5 Å². The molecule has 0 radical (unpaired) electrons. The van der Waals surface area contributed by atoms with Crippen molar-refractivity contribution in [3.05, 3.63) is 30.3 Å².